The van der Waals surface area contributed by atoms with Gasteiger partial charge in [-0.2, -0.15) is 0 Å². The maximum atomic E-state index is 12.5. The molecule has 0 radical (unpaired) electrons. The summed E-state index contributed by atoms with van der Waals surface area (Å²) in [5.41, 5.74) is 2.78. The van der Waals surface area contributed by atoms with Gasteiger partial charge < -0.3 is 4.84 Å². The Morgan fingerprint density at radius 1 is 0.952 bits per heavy atom. The van der Waals surface area contributed by atoms with Crippen LogP contribution in [0.15, 0.2) is 47.6 Å². The van der Waals surface area contributed by atoms with Gasteiger partial charge in [-0.25, -0.2) is 0 Å². The summed E-state index contributed by atoms with van der Waals surface area (Å²) < 4.78 is 0. The van der Waals surface area contributed by atoms with Gasteiger partial charge in [-0.3, -0.25) is 9.59 Å². The molecule has 0 saturated heterocycles. The van der Waals surface area contributed by atoms with Gasteiger partial charge in [-0.15, -0.1) is 0 Å². The maximum absolute atomic E-state index is 12.5. The van der Waals surface area contributed by atoms with E-state index in [-0.39, 0.29) is 11.6 Å². The van der Waals surface area contributed by atoms with Crippen molar-refractivity contribution in [3.63, 3.8) is 0 Å². The molecule has 2 aromatic rings. The average molecular weight is 279 g/mol. The third-order valence-electron chi connectivity index (χ3n) is 3.50. The van der Waals surface area contributed by atoms with Gasteiger partial charge in [0.2, 0.25) is 0 Å². The molecule has 0 amide bonds. The number of hydrogen-bond donors (Lipinski definition) is 0. The van der Waals surface area contributed by atoms with Crippen LogP contribution in [0.3, 0.4) is 0 Å². The van der Waals surface area contributed by atoms with Crippen LogP contribution >= 0.6 is 0 Å². The molecule has 0 heterocycles. The minimum atomic E-state index is -0.106. The lowest BCUT2D eigenvalue weighted by Gasteiger charge is -2.17. The summed E-state index contributed by atoms with van der Waals surface area (Å²) in [5.74, 6) is -0.206. The molecule has 0 N–H and O–H groups in total. The number of benzene rings is 2. The Morgan fingerprint density at radius 2 is 1.57 bits per heavy atom. The maximum Gasteiger partial charge on any atom is 0.194 e. The summed E-state index contributed by atoms with van der Waals surface area (Å²) in [6.07, 6.45) is 2.16. The van der Waals surface area contributed by atoms with E-state index in [1.54, 1.807) is 42.6 Å². The zero-order valence-corrected chi connectivity index (χ0v) is 11.5. The molecular formula is C17H13NO3. The van der Waals surface area contributed by atoms with Gasteiger partial charge in [0.05, 0.1) is 0 Å². The number of carbonyl (C=O) groups is 2. The molecule has 1 aliphatic carbocycles. The highest BCUT2D eigenvalue weighted by Crippen LogP contribution is 2.27. The summed E-state index contributed by atoms with van der Waals surface area (Å²) in [7, 11) is 1.47. The SMILES string of the molecule is CON=CCc1ccc2c(c1)C(=O)c1ccccc1C2=O. The van der Waals surface area contributed by atoms with Crippen molar-refractivity contribution in [3.05, 3.63) is 70.3 Å². The summed E-state index contributed by atoms with van der Waals surface area (Å²) in [6, 6.07) is 12.2. The van der Waals surface area contributed by atoms with E-state index in [1.165, 1.54) is 7.11 Å². The number of ketones is 2. The number of hydrogen-bond acceptors (Lipinski definition) is 4. The second-order valence-corrected chi connectivity index (χ2v) is 4.76. The fourth-order valence-electron chi connectivity index (χ4n) is 2.49. The van der Waals surface area contributed by atoms with Crippen LogP contribution in [0.5, 0.6) is 0 Å². The lowest BCUT2D eigenvalue weighted by molar-refractivity contribution is 0.0979. The fourth-order valence-corrected chi connectivity index (χ4v) is 2.49. The largest absolute Gasteiger partial charge is 0.399 e. The molecule has 4 heteroatoms. The van der Waals surface area contributed by atoms with Crippen molar-refractivity contribution in [2.45, 2.75) is 6.42 Å². The van der Waals surface area contributed by atoms with Crippen LogP contribution in [0.1, 0.15) is 37.4 Å². The summed E-state index contributed by atoms with van der Waals surface area (Å²) in [6.45, 7) is 0. The Balaban J connectivity index is 2.04. The molecule has 2 aromatic carbocycles. The van der Waals surface area contributed by atoms with E-state index in [2.05, 4.69) is 9.99 Å². The van der Waals surface area contributed by atoms with E-state index >= 15 is 0 Å². The average Bonchev–Trinajstić information content (AvgIpc) is 2.53. The number of fused-ring (bicyclic) bond motifs is 2. The molecular weight excluding hydrogens is 266 g/mol. The number of nitrogens with zero attached hydrogens (tertiary/aromatic N) is 1. The standard InChI is InChI=1S/C17H13NO3/c1-21-18-9-8-11-6-7-14-15(10-11)17(20)13-5-3-2-4-12(13)16(14)19/h2-7,9-10H,8H2,1H3. The second-order valence-electron chi connectivity index (χ2n) is 4.76. The van der Waals surface area contributed by atoms with Crippen LogP contribution in [0.25, 0.3) is 0 Å². The minimum absolute atomic E-state index is 0.0997. The molecule has 4 nitrogen and oxygen atoms in total. The highest BCUT2D eigenvalue weighted by molar-refractivity contribution is 6.28. The molecule has 0 aromatic heterocycles. The van der Waals surface area contributed by atoms with E-state index in [0.717, 1.165) is 5.56 Å². The summed E-state index contributed by atoms with van der Waals surface area (Å²) in [4.78, 5) is 29.6. The smallest absolute Gasteiger partial charge is 0.194 e. The van der Waals surface area contributed by atoms with Crippen LogP contribution < -0.4 is 0 Å². The molecule has 104 valence electrons. The van der Waals surface area contributed by atoms with Gasteiger partial charge in [-0.1, -0.05) is 41.6 Å². The van der Waals surface area contributed by atoms with E-state index < -0.39 is 0 Å². The first-order chi connectivity index (χ1) is 10.2. The molecule has 0 unspecified atom stereocenters. The van der Waals surface area contributed by atoms with Gasteiger partial charge >= 0.3 is 0 Å². The highest BCUT2D eigenvalue weighted by atomic mass is 16.6. The molecule has 0 spiro atoms. The van der Waals surface area contributed by atoms with Crippen LogP contribution in [-0.2, 0) is 11.3 Å². The fraction of sp³-hybridized carbons (Fsp3) is 0.118. The van der Waals surface area contributed by atoms with Gasteiger partial charge in [0.25, 0.3) is 0 Å². The molecule has 0 bridgehead atoms. The van der Waals surface area contributed by atoms with Crippen molar-refractivity contribution in [2.24, 2.45) is 5.16 Å². The van der Waals surface area contributed by atoms with Crippen molar-refractivity contribution < 1.29 is 14.4 Å². The van der Waals surface area contributed by atoms with Crippen molar-refractivity contribution in [2.75, 3.05) is 7.11 Å². The first kappa shape index (κ1) is 13.2. The Hall–Kier alpha value is -2.75. The third-order valence-corrected chi connectivity index (χ3v) is 3.50. The Morgan fingerprint density at radius 3 is 2.24 bits per heavy atom. The van der Waals surface area contributed by atoms with Crippen LogP contribution in [-0.4, -0.2) is 24.9 Å². The Kier molecular flexibility index (Phi) is 3.36. The van der Waals surface area contributed by atoms with Crippen LogP contribution in [0.4, 0.5) is 0 Å². The van der Waals surface area contributed by atoms with Crippen LogP contribution in [0, 0.1) is 0 Å². The number of carbonyl (C=O) groups excluding carboxylic acids is 2. The van der Waals surface area contributed by atoms with E-state index in [0.29, 0.717) is 28.7 Å². The predicted octanol–water partition coefficient (Wildman–Crippen LogP) is 2.64. The lowest BCUT2D eigenvalue weighted by Crippen LogP contribution is -2.21. The quantitative estimate of drug-likeness (QED) is 0.547. The minimum Gasteiger partial charge on any atom is -0.399 e. The highest BCUT2D eigenvalue weighted by Gasteiger charge is 2.29. The van der Waals surface area contributed by atoms with Gasteiger partial charge in [0.1, 0.15) is 7.11 Å². The van der Waals surface area contributed by atoms with E-state index in [9.17, 15) is 9.59 Å². The van der Waals surface area contributed by atoms with Gasteiger partial charge in [0, 0.05) is 34.9 Å². The van der Waals surface area contributed by atoms with E-state index in [4.69, 9.17) is 0 Å². The van der Waals surface area contributed by atoms with Crippen molar-refractivity contribution in [1.82, 2.24) is 0 Å². The Labute approximate surface area is 122 Å². The first-order valence-corrected chi connectivity index (χ1v) is 6.58. The molecule has 0 saturated carbocycles. The molecule has 21 heavy (non-hydrogen) atoms. The van der Waals surface area contributed by atoms with Crippen LogP contribution in [0.2, 0.25) is 0 Å². The van der Waals surface area contributed by atoms with Crippen molar-refractivity contribution >= 4 is 17.8 Å². The molecule has 0 aliphatic heterocycles. The molecule has 3 rings (SSSR count). The zero-order chi connectivity index (χ0) is 14.8. The number of oxime groups is 1. The number of rotatable bonds is 3. The molecule has 0 fully saturated rings. The monoisotopic (exact) mass is 279 g/mol. The van der Waals surface area contributed by atoms with Gasteiger partial charge in [-0.05, 0) is 11.6 Å². The third kappa shape index (κ3) is 2.25. The Bertz CT molecular complexity index is 762. The van der Waals surface area contributed by atoms with Crippen molar-refractivity contribution in [3.8, 4) is 0 Å². The second kappa shape index (κ2) is 5.32. The normalized spacial score (nSPS) is 13.2. The first-order valence-electron chi connectivity index (χ1n) is 6.58. The van der Waals surface area contributed by atoms with Gasteiger partial charge in [0.15, 0.2) is 11.6 Å². The summed E-state index contributed by atoms with van der Waals surface area (Å²) in [5, 5.41) is 3.67. The predicted molar refractivity (Wildman–Crippen MR) is 79.0 cm³/mol. The van der Waals surface area contributed by atoms with E-state index in [1.807, 2.05) is 6.07 Å². The molecule has 0 atom stereocenters. The molecule has 1 aliphatic rings. The summed E-state index contributed by atoms with van der Waals surface area (Å²) >= 11 is 0. The lowest BCUT2D eigenvalue weighted by atomic mass is 9.83. The zero-order valence-electron chi connectivity index (χ0n) is 11.5. The van der Waals surface area contributed by atoms with Crippen molar-refractivity contribution in [1.29, 1.82) is 0 Å². The topological polar surface area (TPSA) is 55.7 Å².